The van der Waals surface area contributed by atoms with Crippen LogP contribution in [0.2, 0.25) is 0 Å². The van der Waals surface area contributed by atoms with Crippen LogP contribution in [0.3, 0.4) is 0 Å². The van der Waals surface area contributed by atoms with Crippen LogP contribution in [-0.2, 0) is 14.3 Å². The van der Waals surface area contributed by atoms with Crippen molar-refractivity contribution in [1.82, 2.24) is 10.9 Å². The third-order valence-electron chi connectivity index (χ3n) is 3.55. The minimum absolute atomic E-state index is 0.126. The fraction of sp³-hybridized carbons (Fsp3) is 0.250. The number of hydrogen-bond acceptors (Lipinski definition) is 5. The minimum Gasteiger partial charge on any atom is -0.494 e. The summed E-state index contributed by atoms with van der Waals surface area (Å²) in [6.07, 6.45) is -0.434. The molecule has 0 spiro atoms. The Kier molecular flexibility index (Phi) is 7.84. The van der Waals surface area contributed by atoms with Gasteiger partial charge in [0, 0.05) is 12.0 Å². The zero-order valence-corrected chi connectivity index (χ0v) is 15.0. The van der Waals surface area contributed by atoms with Crippen molar-refractivity contribution in [3.8, 4) is 5.75 Å². The van der Waals surface area contributed by atoms with E-state index in [1.54, 1.807) is 30.3 Å². The quantitative estimate of drug-likeness (QED) is 0.422. The number of carbonyl (C=O) groups is 3. The number of amides is 2. The van der Waals surface area contributed by atoms with Crippen LogP contribution >= 0.6 is 0 Å². The molecule has 0 bridgehead atoms. The van der Waals surface area contributed by atoms with Crippen LogP contribution in [0.25, 0.3) is 0 Å². The summed E-state index contributed by atoms with van der Waals surface area (Å²) < 4.78 is 10.5. The number of nitrogens with one attached hydrogen (secondary N) is 2. The van der Waals surface area contributed by atoms with Gasteiger partial charge in [-0.15, -0.1) is 0 Å². The largest absolute Gasteiger partial charge is 0.494 e. The summed E-state index contributed by atoms with van der Waals surface area (Å²) in [7, 11) is 0. The second-order valence-electron chi connectivity index (χ2n) is 5.71. The first kappa shape index (κ1) is 20.0. The fourth-order valence-electron chi connectivity index (χ4n) is 2.11. The molecule has 0 aromatic heterocycles. The Morgan fingerprint density at radius 3 is 2.22 bits per heavy atom. The summed E-state index contributed by atoms with van der Waals surface area (Å²) in [6.45, 7) is 1.80. The summed E-state index contributed by atoms with van der Waals surface area (Å²) in [5.41, 5.74) is 4.91. The molecule has 2 aromatic carbocycles. The Balaban J connectivity index is 1.63. The molecule has 0 fully saturated rings. The Labute approximate surface area is 157 Å². The van der Waals surface area contributed by atoms with Crippen molar-refractivity contribution in [2.45, 2.75) is 25.9 Å². The van der Waals surface area contributed by atoms with Gasteiger partial charge in [0.25, 0.3) is 11.8 Å². The maximum absolute atomic E-state index is 11.9. The molecule has 0 unspecified atom stereocenters. The van der Waals surface area contributed by atoms with E-state index < -0.39 is 23.9 Å². The number of esters is 1. The number of hydrazine groups is 1. The molecule has 0 aliphatic heterocycles. The SMILES string of the molecule is C[C@@H](OC(=O)CCCOc1ccccc1)C(=O)NNC(=O)c1ccccc1. The molecule has 2 N–H and O–H groups in total. The summed E-state index contributed by atoms with van der Waals surface area (Å²) in [6, 6.07) is 17.7. The number of carbonyl (C=O) groups excluding carboxylic acids is 3. The molecular weight excluding hydrogens is 348 g/mol. The van der Waals surface area contributed by atoms with E-state index in [1.165, 1.54) is 6.92 Å². The van der Waals surface area contributed by atoms with E-state index in [0.717, 1.165) is 5.75 Å². The highest BCUT2D eigenvalue weighted by atomic mass is 16.5. The first-order valence-corrected chi connectivity index (χ1v) is 8.59. The third kappa shape index (κ3) is 7.19. The summed E-state index contributed by atoms with van der Waals surface area (Å²) in [5.74, 6) is -0.856. The fourth-order valence-corrected chi connectivity index (χ4v) is 2.11. The van der Waals surface area contributed by atoms with Crippen LogP contribution in [-0.4, -0.2) is 30.5 Å². The molecule has 2 aromatic rings. The molecule has 2 amide bonds. The highest BCUT2D eigenvalue weighted by molar-refractivity contribution is 5.95. The zero-order valence-electron chi connectivity index (χ0n) is 15.0. The molecular formula is C20H22N2O5. The van der Waals surface area contributed by atoms with Crippen LogP contribution < -0.4 is 15.6 Å². The standard InChI is InChI=1S/C20H22N2O5/c1-15(19(24)21-22-20(25)16-9-4-2-5-10-16)27-18(23)13-8-14-26-17-11-6-3-7-12-17/h2-7,9-12,15H,8,13-14H2,1H3,(H,21,24)(H,22,25)/t15-/m1/s1. The normalized spacial score (nSPS) is 11.1. The van der Waals surface area contributed by atoms with Crippen LogP contribution in [0, 0.1) is 0 Å². The first-order valence-electron chi connectivity index (χ1n) is 8.59. The van der Waals surface area contributed by atoms with Gasteiger partial charge < -0.3 is 9.47 Å². The van der Waals surface area contributed by atoms with Crippen LogP contribution in [0.1, 0.15) is 30.1 Å². The Hall–Kier alpha value is -3.35. The zero-order chi connectivity index (χ0) is 19.5. The van der Waals surface area contributed by atoms with Gasteiger partial charge in [0.2, 0.25) is 0 Å². The van der Waals surface area contributed by atoms with Crippen molar-refractivity contribution in [3.05, 3.63) is 66.2 Å². The van der Waals surface area contributed by atoms with E-state index in [9.17, 15) is 14.4 Å². The van der Waals surface area contributed by atoms with Crippen molar-refractivity contribution in [1.29, 1.82) is 0 Å². The average Bonchev–Trinajstić information content (AvgIpc) is 2.70. The third-order valence-corrected chi connectivity index (χ3v) is 3.55. The van der Waals surface area contributed by atoms with Gasteiger partial charge in [-0.1, -0.05) is 36.4 Å². The highest BCUT2D eigenvalue weighted by Crippen LogP contribution is 2.09. The molecule has 142 valence electrons. The van der Waals surface area contributed by atoms with Crippen molar-refractivity contribution in [2.75, 3.05) is 6.61 Å². The lowest BCUT2D eigenvalue weighted by Crippen LogP contribution is -2.46. The topological polar surface area (TPSA) is 93.7 Å². The average molecular weight is 370 g/mol. The van der Waals surface area contributed by atoms with Crippen molar-refractivity contribution in [2.24, 2.45) is 0 Å². The summed E-state index contributed by atoms with van der Waals surface area (Å²) in [5, 5.41) is 0. The predicted molar refractivity (Wildman–Crippen MR) is 98.8 cm³/mol. The van der Waals surface area contributed by atoms with Gasteiger partial charge in [-0.25, -0.2) is 0 Å². The molecule has 1 atom stereocenters. The minimum atomic E-state index is -1.02. The lowest BCUT2D eigenvalue weighted by atomic mass is 10.2. The molecule has 0 saturated heterocycles. The van der Waals surface area contributed by atoms with Gasteiger partial charge in [-0.05, 0) is 37.6 Å². The van der Waals surface area contributed by atoms with E-state index in [2.05, 4.69) is 10.9 Å². The number of rotatable bonds is 8. The smallest absolute Gasteiger partial charge is 0.306 e. The van der Waals surface area contributed by atoms with Gasteiger partial charge in [0.05, 0.1) is 6.61 Å². The van der Waals surface area contributed by atoms with Gasteiger partial charge >= 0.3 is 5.97 Å². The number of ether oxygens (including phenoxy) is 2. The van der Waals surface area contributed by atoms with Gasteiger partial charge in [-0.3, -0.25) is 25.2 Å². The molecule has 27 heavy (non-hydrogen) atoms. The molecule has 2 rings (SSSR count). The summed E-state index contributed by atoms with van der Waals surface area (Å²) >= 11 is 0. The van der Waals surface area contributed by atoms with Gasteiger partial charge in [-0.2, -0.15) is 0 Å². The van der Waals surface area contributed by atoms with Crippen molar-refractivity contribution < 1.29 is 23.9 Å². The molecule has 0 aliphatic carbocycles. The monoisotopic (exact) mass is 370 g/mol. The number of hydrogen-bond donors (Lipinski definition) is 2. The second-order valence-corrected chi connectivity index (χ2v) is 5.71. The first-order chi connectivity index (χ1) is 13.1. The van der Waals surface area contributed by atoms with Gasteiger partial charge in [0.1, 0.15) is 5.75 Å². The van der Waals surface area contributed by atoms with E-state index >= 15 is 0 Å². The Bertz CT molecular complexity index is 749. The maximum atomic E-state index is 11.9. The second kappa shape index (κ2) is 10.6. The molecule has 0 saturated carbocycles. The Morgan fingerprint density at radius 1 is 0.926 bits per heavy atom. The number of para-hydroxylation sites is 1. The van der Waals surface area contributed by atoms with Crippen LogP contribution in [0.5, 0.6) is 5.75 Å². The molecule has 7 heteroatoms. The van der Waals surface area contributed by atoms with Gasteiger partial charge in [0.15, 0.2) is 6.10 Å². The maximum Gasteiger partial charge on any atom is 0.306 e. The van der Waals surface area contributed by atoms with E-state index in [4.69, 9.17) is 9.47 Å². The lowest BCUT2D eigenvalue weighted by Gasteiger charge is -2.14. The number of benzene rings is 2. The van der Waals surface area contributed by atoms with Crippen LogP contribution in [0.15, 0.2) is 60.7 Å². The predicted octanol–water partition coefficient (Wildman–Crippen LogP) is 2.24. The molecule has 0 aliphatic rings. The van der Waals surface area contributed by atoms with E-state index in [-0.39, 0.29) is 6.42 Å². The lowest BCUT2D eigenvalue weighted by molar-refractivity contribution is -0.155. The molecule has 0 heterocycles. The molecule has 0 radical (unpaired) electrons. The van der Waals surface area contributed by atoms with E-state index in [0.29, 0.717) is 18.6 Å². The molecule has 7 nitrogen and oxygen atoms in total. The Morgan fingerprint density at radius 2 is 1.56 bits per heavy atom. The van der Waals surface area contributed by atoms with Crippen molar-refractivity contribution in [3.63, 3.8) is 0 Å². The summed E-state index contributed by atoms with van der Waals surface area (Å²) in [4.78, 5) is 35.5. The van der Waals surface area contributed by atoms with E-state index in [1.807, 2.05) is 30.3 Å². The van der Waals surface area contributed by atoms with Crippen molar-refractivity contribution >= 4 is 17.8 Å². The highest BCUT2D eigenvalue weighted by Gasteiger charge is 2.18. The van der Waals surface area contributed by atoms with Crippen LogP contribution in [0.4, 0.5) is 0 Å².